The molecule has 0 aliphatic carbocycles. The summed E-state index contributed by atoms with van der Waals surface area (Å²) in [5, 5.41) is 16.3. The molecule has 1 aliphatic rings. The second-order valence-corrected chi connectivity index (χ2v) is 6.53. The van der Waals surface area contributed by atoms with Gasteiger partial charge in [-0.05, 0) is 38.3 Å². The van der Waals surface area contributed by atoms with Gasteiger partial charge < -0.3 is 10.1 Å². The van der Waals surface area contributed by atoms with Crippen molar-refractivity contribution in [1.29, 1.82) is 5.26 Å². The Bertz CT molecular complexity index is 824. The average Bonchev–Trinajstić information content (AvgIpc) is 3.15. The van der Waals surface area contributed by atoms with Gasteiger partial charge in [0, 0.05) is 43.6 Å². The van der Waals surface area contributed by atoms with E-state index in [0.717, 1.165) is 37.1 Å². The number of aromatic nitrogens is 3. The zero-order chi connectivity index (χ0) is 18.5. The lowest BCUT2D eigenvalue weighted by Gasteiger charge is -2.31. The zero-order valence-corrected chi connectivity index (χ0v) is 15.1. The first kappa shape index (κ1) is 18.1. The molecule has 0 unspecified atom stereocenters. The minimum absolute atomic E-state index is 0.0555. The van der Waals surface area contributed by atoms with Crippen molar-refractivity contribution < 1.29 is 9.53 Å². The molecule has 2 atom stereocenters. The summed E-state index contributed by atoms with van der Waals surface area (Å²) >= 11 is 0. The summed E-state index contributed by atoms with van der Waals surface area (Å²) in [6.07, 6.45) is 7.21. The van der Waals surface area contributed by atoms with Crippen LogP contribution >= 0.6 is 0 Å². The molecule has 136 valence electrons. The number of hydrogen-bond donors (Lipinski definition) is 1. The van der Waals surface area contributed by atoms with Crippen LogP contribution in [0, 0.1) is 24.2 Å². The largest absolute Gasteiger partial charge is 0.373 e. The molecule has 0 spiro atoms. The molecule has 7 heteroatoms. The second kappa shape index (κ2) is 8.11. The lowest BCUT2D eigenvalue weighted by atomic mass is 9.91. The number of nitriles is 1. The van der Waals surface area contributed by atoms with E-state index in [9.17, 15) is 4.79 Å². The van der Waals surface area contributed by atoms with Gasteiger partial charge >= 0.3 is 0 Å². The van der Waals surface area contributed by atoms with Crippen molar-refractivity contribution in [2.75, 3.05) is 13.2 Å². The van der Waals surface area contributed by atoms with E-state index >= 15 is 0 Å². The maximum Gasteiger partial charge on any atom is 0.269 e. The van der Waals surface area contributed by atoms with Gasteiger partial charge in [-0.15, -0.1) is 0 Å². The van der Waals surface area contributed by atoms with Crippen molar-refractivity contribution >= 4 is 5.91 Å². The molecule has 2 aromatic heterocycles. The molecule has 3 rings (SSSR count). The highest BCUT2D eigenvalue weighted by molar-refractivity contribution is 5.92. The number of carbonyl (C=O) groups excluding carboxylic acids is 1. The van der Waals surface area contributed by atoms with Crippen LogP contribution in [0.15, 0.2) is 24.7 Å². The quantitative estimate of drug-likeness (QED) is 0.891. The standard InChI is InChI=1S/C19H23N5O2/c1-3-24-12-16(11-23-24)18-14(5-4-6-26-18)9-22-19(25)17-7-13(2)15(8-20)10-21-17/h7,10-12,14,18H,3-6,9H2,1-2H3,(H,22,25)/t14-,18+/m0/s1. The number of pyridine rings is 1. The van der Waals surface area contributed by atoms with Gasteiger partial charge in [0.25, 0.3) is 5.91 Å². The second-order valence-electron chi connectivity index (χ2n) is 6.53. The van der Waals surface area contributed by atoms with Gasteiger partial charge in [0.1, 0.15) is 11.8 Å². The third kappa shape index (κ3) is 3.92. The summed E-state index contributed by atoms with van der Waals surface area (Å²) in [5.74, 6) is -0.0344. The van der Waals surface area contributed by atoms with Crippen molar-refractivity contribution in [2.45, 2.75) is 39.3 Å². The summed E-state index contributed by atoms with van der Waals surface area (Å²) < 4.78 is 7.85. The van der Waals surface area contributed by atoms with Crippen LogP contribution in [0.4, 0.5) is 0 Å². The predicted molar refractivity (Wildman–Crippen MR) is 95.3 cm³/mol. The third-order valence-electron chi connectivity index (χ3n) is 4.74. The van der Waals surface area contributed by atoms with Crippen molar-refractivity contribution in [2.24, 2.45) is 5.92 Å². The normalized spacial score (nSPS) is 19.7. The van der Waals surface area contributed by atoms with Crippen LogP contribution in [0.3, 0.4) is 0 Å². The minimum Gasteiger partial charge on any atom is -0.373 e. The molecule has 3 heterocycles. The minimum atomic E-state index is -0.230. The van der Waals surface area contributed by atoms with Crippen LogP contribution < -0.4 is 5.32 Å². The number of amides is 1. The fourth-order valence-electron chi connectivity index (χ4n) is 3.23. The summed E-state index contributed by atoms with van der Waals surface area (Å²) in [4.78, 5) is 16.5. The Morgan fingerprint density at radius 3 is 3.04 bits per heavy atom. The lowest BCUT2D eigenvalue weighted by molar-refractivity contribution is -0.0273. The van der Waals surface area contributed by atoms with Crippen LogP contribution in [-0.4, -0.2) is 33.8 Å². The Morgan fingerprint density at radius 2 is 2.35 bits per heavy atom. The van der Waals surface area contributed by atoms with Crippen molar-refractivity contribution in [3.8, 4) is 6.07 Å². The Labute approximate surface area is 153 Å². The number of rotatable bonds is 5. The van der Waals surface area contributed by atoms with Gasteiger partial charge in [-0.25, -0.2) is 4.98 Å². The molecule has 1 amide bonds. The number of aryl methyl sites for hydroxylation is 2. The molecular formula is C19H23N5O2. The van der Waals surface area contributed by atoms with E-state index in [1.54, 1.807) is 13.0 Å². The highest BCUT2D eigenvalue weighted by Gasteiger charge is 2.29. The first-order valence-electron chi connectivity index (χ1n) is 8.91. The number of nitrogens with zero attached hydrogens (tertiary/aromatic N) is 4. The van der Waals surface area contributed by atoms with Crippen LogP contribution in [0.2, 0.25) is 0 Å². The highest BCUT2D eigenvalue weighted by Crippen LogP contribution is 2.33. The molecule has 7 nitrogen and oxygen atoms in total. The maximum absolute atomic E-state index is 12.4. The predicted octanol–water partition coefficient (Wildman–Crippen LogP) is 2.38. The summed E-state index contributed by atoms with van der Waals surface area (Å²) in [5.41, 5.74) is 2.61. The monoisotopic (exact) mass is 353 g/mol. The van der Waals surface area contributed by atoms with E-state index in [1.807, 2.05) is 24.0 Å². The van der Waals surface area contributed by atoms with Gasteiger partial charge in [-0.1, -0.05) is 0 Å². The van der Waals surface area contributed by atoms with E-state index in [0.29, 0.717) is 17.8 Å². The SMILES string of the molecule is CCn1cc([C@@H]2OCCC[C@H]2CNC(=O)c2cc(C)c(C#N)cn2)cn1. The van der Waals surface area contributed by atoms with E-state index in [1.165, 1.54) is 6.20 Å². The molecule has 1 saturated heterocycles. The Morgan fingerprint density at radius 1 is 1.50 bits per heavy atom. The molecule has 1 fully saturated rings. The zero-order valence-electron chi connectivity index (χ0n) is 15.1. The van der Waals surface area contributed by atoms with E-state index in [-0.39, 0.29) is 17.9 Å². The molecule has 0 saturated carbocycles. The van der Waals surface area contributed by atoms with Crippen LogP contribution in [0.1, 0.15) is 53.0 Å². The fraction of sp³-hybridized carbons (Fsp3) is 0.474. The van der Waals surface area contributed by atoms with E-state index in [4.69, 9.17) is 10.00 Å². The first-order valence-corrected chi connectivity index (χ1v) is 8.91. The lowest BCUT2D eigenvalue weighted by Crippen LogP contribution is -2.35. The summed E-state index contributed by atoms with van der Waals surface area (Å²) in [7, 11) is 0. The van der Waals surface area contributed by atoms with Crippen molar-refractivity contribution in [3.05, 3.63) is 47.0 Å². The topological polar surface area (TPSA) is 92.8 Å². The molecule has 0 radical (unpaired) electrons. The average molecular weight is 353 g/mol. The molecule has 0 bridgehead atoms. The maximum atomic E-state index is 12.4. The molecule has 26 heavy (non-hydrogen) atoms. The Kier molecular flexibility index (Phi) is 5.64. The van der Waals surface area contributed by atoms with Crippen LogP contribution in [-0.2, 0) is 11.3 Å². The van der Waals surface area contributed by atoms with Gasteiger partial charge in [0.2, 0.25) is 0 Å². The Hall–Kier alpha value is -2.72. The van der Waals surface area contributed by atoms with Gasteiger partial charge in [-0.2, -0.15) is 10.4 Å². The van der Waals surface area contributed by atoms with Crippen LogP contribution in [0.5, 0.6) is 0 Å². The molecule has 1 aliphatic heterocycles. The van der Waals surface area contributed by atoms with E-state index < -0.39 is 0 Å². The number of ether oxygens (including phenoxy) is 1. The Balaban J connectivity index is 1.65. The van der Waals surface area contributed by atoms with Gasteiger partial charge in [0.15, 0.2) is 0 Å². The van der Waals surface area contributed by atoms with Crippen LogP contribution in [0.25, 0.3) is 0 Å². The van der Waals surface area contributed by atoms with E-state index in [2.05, 4.69) is 21.5 Å². The van der Waals surface area contributed by atoms with Gasteiger partial charge in [-0.3, -0.25) is 9.48 Å². The number of hydrogen-bond acceptors (Lipinski definition) is 5. The summed E-state index contributed by atoms with van der Waals surface area (Å²) in [6, 6.07) is 3.70. The number of carbonyl (C=O) groups is 1. The first-order chi connectivity index (χ1) is 12.6. The molecule has 2 aromatic rings. The molecular weight excluding hydrogens is 330 g/mol. The third-order valence-corrected chi connectivity index (χ3v) is 4.74. The molecule has 1 N–H and O–H groups in total. The number of nitrogens with one attached hydrogen (secondary N) is 1. The molecule has 0 aromatic carbocycles. The summed E-state index contributed by atoms with van der Waals surface area (Å²) in [6.45, 7) is 5.90. The van der Waals surface area contributed by atoms with Crippen molar-refractivity contribution in [3.63, 3.8) is 0 Å². The highest BCUT2D eigenvalue weighted by atomic mass is 16.5. The van der Waals surface area contributed by atoms with Crippen molar-refractivity contribution in [1.82, 2.24) is 20.1 Å². The van der Waals surface area contributed by atoms with Gasteiger partial charge in [0.05, 0.1) is 17.9 Å². The fourth-order valence-corrected chi connectivity index (χ4v) is 3.23. The smallest absolute Gasteiger partial charge is 0.269 e.